The van der Waals surface area contributed by atoms with Crippen LogP contribution in [0.5, 0.6) is 5.75 Å². The maximum absolute atomic E-state index is 10.7. The number of aliphatic imine (C=N–C) groups is 1. The highest BCUT2D eigenvalue weighted by Gasteiger charge is 2.27. The third kappa shape index (κ3) is 6.02. The smallest absolute Gasteiger partial charge is 0.194 e. The minimum Gasteiger partial charge on any atom is -0.497 e. The minimum absolute atomic E-state index is 0. The second kappa shape index (κ2) is 10.7. The van der Waals surface area contributed by atoms with E-state index in [2.05, 4.69) is 32.2 Å². The summed E-state index contributed by atoms with van der Waals surface area (Å²) >= 11 is 0. The molecule has 0 radical (unpaired) electrons. The van der Waals surface area contributed by atoms with E-state index < -0.39 is 5.60 Å². The summed E-state index contributed by atoms with van der Waals surface area (Å²) in [7, 11) is 1.69. The molecule has 2 N–H and O–H groups in total. The highest BCUT2D eigenvalue weighted by molar-refractivity contribution is 14.0. The fraction of sp³-hybridized carbons (Fsp3) is 0.476. The van der Waals surface area contributed by atoms with Gasteiger partial charge in [-0.1, -0.05) is 6.07 Å². The van der Waals surface area contributed by atoms with Crippen LogP contribution in [0.25, 0.3) is 0 Å². The number of nitrogens with zero attached hydrogens (tertiary/aromatic N) is 3. The molecule has 0 aliphatic carbocycles. The molecule has 1 aromatic carbocycles. The van der Waals surface area contributed by atoms with Gasteiger partial charge in [0.05, 0.1) is 19.9 Å². The predicted octanol–water partition coefficient (Wildman–Crippen LogP) is 2.90. The summed E-state index contributed by atoms with van der Waals surface area (Å²) in [6.07, 6.45) is 1.57. The standard InChI is InChI=1S/C21H30N4O3.HI/c1-4-22-20(23-16-21(2,26)19-9-6-14-28-19)25-12-10-24(11-13-25)17-7-5-8-18(15-17)27-3;/h5-9,14-15,26H,4,10-13,16H2,1-3H3,(H,22,23);1H. The van der Waals surface area contributed by atoms with Crippen molar-refractivity contribution < 1.29 is 14.3 Å². The van der Waals surface area contributed by atoms with Gasteiger partial charge in [-0.15, -0.1) is 24.0 Å². The largest absolute Gasteiger partial charge is 0.497 e. The van der Waals surface area contributed by atoms with Crippen LogP contribution in [0, 0.1) is 0 Å². The first-order valence-corrected chi connectivity index (χ1v) is 9.72. The summed E-state index contributed by atoms with van der Waals surface area (Å²) in [4.78, 5) is 9.26. The van der Waals surface area contributed by atoms with Crippen molar-refractivity contribution >= 4 is 35.6 Å². The number of hydrogen-bond acceptors (Lipinski definition) is 5. The number of hydrogen-bond donors (Lipinski definition) is 2. The van der Waals surface area contributed by atoms with Crippen LogP contribution in [0.2, 0.25) is 0 Å². The van der Waals surface area contributed by atoms with Gasteiger partial charge in [0, 0.05) is 44.5 Å². The molecule has 0 bridgehead atoms. The number of furan rings is 1. The Labute approximate surface area is 189 Å². The maximum atomic E-state index is 10.7. The first-order valence-electron chi connectivity index (χ1n) is 9.72. The molecule has 1 unspecified atom stereocenters. The van der Waals surface area contributed by atoms with Gasteiger partial charge in [-0.05, 0) is 38.1 Å². The van der Waals surface area contributed by atoms with Crippen molar-refractivity contribution in [3.8, 4) is 5.75 Å². The van der Waals surface area contributed by atoms with E-state index >= 15 is 0 Å². The van der Waals surface area contributed by atoms with E-state index in [1.807, 2.05) is 19.1 Å². The van der Waals surface area contributed by atoms with Crippen LogP contribution in [0.4, 0.5) is 5.69 Å². The zero-order valence-electron chi connectivity index (χ0n) is 17.3. The normalized spacial score (nSPS) is 16.8. The minimum atomic E-state index is -1.13. The predicted molar refractivity (Wildman–Crippen MR) is 126 cm³/mol. The molecular formula is C21H31IN4O3. The van der Waals surface area contributed by atoms with Gasteiger partial charge >= 0.3 is 0 Å². The highest BCUT2D eigenvalue weighted by Crippen LogP contribution is 2.23. The monoisotopic (exact) mass is 514 g/mol. The molecule has 160 valence electrons. The third-order valence-electron chi connectivity index (χ3n) is 4.92. The fourth-order valence-electron chi connectivity index (χ4n) is 3.30. The average molecular weight is 514 g/mol. The van der Waals surface area contributed by atoms with Gasteiger partial charge in [0.2, 0.25) is 0 Å². The van der Waals surface area contributed by atoms with Gasteiger partial charge in [0.15, 0.2) is 5.96 Å². The Hall–Kier alpha value is -1.94. The fourth-order valence-corrected chi connectivity index (χ4v) is 3.30. The van der Waals surface area contributed by atoms with E-state index in [1.165, 1.54) is 5.69 Å². The van der Waals surface area contributed by atoms with Crippen molar-refractivity contribution in [2.24, 2.45) is 4.99 Å². The molecule has 3 rings (SSSR count). The zero-order chi connectivity index (χ0) is 20.0. The molecule has 1 atom stereocenters. The number of guanidine groups is 1. The first kappa shape index (κ1) is 23.3. The van der Waals surface area contributed by atoms with Gasteiger partial charge in [-0.3, -0.25) is 0 Å². The summed E-state index contributed by atoms with van der Waals surface area (Å²) in [5.74, 6) is 2.21. The number of ether oxygens (including phenoxy) is 1. The molecule has 8 heteroatoms. The Kier molecular flexibility index (Phi) is 8.63. The van der Waals surface area contributed by atoms with Gasteiger partial charge in [-0.2, -0.15) is 0 Å². The highest BCUT2D eigenvalue weighted by atomic mass is 127. The molecule has 2 aromatic rings. The van der Waals surface area contributed by atoms with Crippen molar-refractivity contribution in [1.29, 1.82) is 0 Å². The van der Waals surface area contributed by atoms with Crippen molar-refractivity contribution in [1.82, 2.24) is 10.2 Å². The molecule has 0 saturated carbocycles. The Morgan fingerprint density at radius 1 is 1.24 bits per heavy atom. The third-order valence-corrected chi connectivity index (χ3v) is 4.92. The Bertz CT molecular complexity index is 772. The summed E-state index contributed by atoms with van der Waals surface area (Å²) in [5, 5.41) is 14.0. The number of nitrogens with one attached hydrogen (secondary N) is 1. The topological polar surface area (TPSA) is 73.5 Å². The molecule has 1 saturated heterocycles. The second-order valence-electron chi connectivity index (χ2n) is 7.10. The van der Waals surface area contributed by atoms with E-state index in [1.54, 1.807) is 32.4 Å². The number of piperazine rings is 1. The lowest BCUT2D eigenvalue weighted by Gasteiger charge is -2.38. The summed E-state index contributed by atoms with van der Waals surface area (Å²) in [6, 6.07) is 11.7. The van der Waals surface area contributed by atoms with Crippen LogP contribution in [0.1, 0.15) is 19.6 Å². The molecule has 1 aliphatic rings. The van der Waals surface area contributed by atoms with Crippen LogP contribution in [-0.2, 0) is 5.60 Å². The maximum Gasteiger partial charge on any atom is 0.194 e. The Morgan fingerprint density at radius 3 is 2.62 bits per heavy atom. The number of methoxy groups -OCH3 is 1. The van der Waals surface area contributed by atoms with Crippen LogP contribution in [0.15, 0.2) is 52.1 Å². The number of aliphatic hydroxyl groups is 1. The van der Waals surface area contributed by atoms with E-state index in [9.17, 15) is 5.11 Å². The van der Waals surface area contributed by atoms with Crippen molar-refractivity contribution in [3.05, 3.63) is 48.4 Å². The zero-order valence-corrected chi connectivity index (χ0v) is 19.6. The summed E-state index contributed by atoms with van der Waals surface area (Å²) < 4.78 is 10.7. The molecule has 29 heavy (non-hydrogen) atoms. The Balaban J connectivity index is 0.00000300. The molecular weight excluding hydrogens is 483 g/mol. The van der Waals surface area contributed by atoms with Crippen molar-refractivity contribution in [3.63, 3.8) is 0 Å². The van der Waals surface area contributed by atoms with Crippen LogP contribution in [0.3, 0.4) is 0 Å². The molecule has 7 nitrogen and oxygen atoms in total. The number of benzene rings is 1. The van der Waals surface area contributed by atoms with Crippen molar-refractivity contribution in [2.45, 2.75) is 19.4 Å². The van der Waals surface area contributed by atoms with E-state index in [4.69, 9.17) is 9.15 Å². The lowest BCUT2D eigenvalue weighted by molar-refractivity contribution is 0.0434. The number of rotatable bonds is 6. The van der Waals surface area contributed by atoms with Gasteiger partial charge < -0.3 is 29.4 Å². The average Bonchev–Trinajstić information content (AvgIpc) is 3.27. The SMILES string of the molecule is CCNC(=NCC(C)(O)c1ccco1)N1CCN(c2cccc(OC)c2)CC1.I. The van der Waals surface area contributed by atoms with Crippen LogP contribution < -0.4 is 15.0 Å². The summed E-state index contributed by atoms with van der Waals surface area (Å²) in [6.45, 7) is 8.28. The van der Waals surface area contributed by atoms with Crippen LogP contribution in [-0.4, -0.2) is 62.3 Å². The molecule has 1 fully saturated rings. The lowest BCUT2D eigenvalue weighted by Crippen LogP contribution is -2.52. The lowest BCUT2D eigenvalue weighted by atomic mass is 10.0. The van der Waals surface area contributed by atoms with E-state index in [0.717, 1.165) is 44.4 Å². The quantitative estimate of drug-likeness (QED) is 0.351. The van der Waals surface area contributed by atoms with Gasteiger partial charge in [0.25, 0.3) is 0 Å². The Morgan fingerprint density at radius 2 is 2.00 bits per heavy atom. The molecule has 1 aromatic heterocycles. The number of halogens is 1. The van der Waals surface area contributed by atoms with Gasteiger partial charge in [0.1, 0.15) is 17.1 Å². The van der Waals surface area contributed by atoms with E-state index in [0.29, 0.717) is 5.76 Å². The van der Waals surface area contributed by atoms with Crippen LogP contribution >= 0.6 is 24.0 Å². The number of anilines is 1. The second-order valence-corrected chi connectivity index (χ2v) is 7.10. The molecule has 0 amide bonds. The summed E-state index contributed by atoms with van der Waals surface area (Å²) in [5.41, 5.74) is 0.0359. The first-order chi connectivity index (χ1) is 13.5. The van der Waals surface area contributed by atoms with Crippen molar-refractivity contribution in [2.75, 3.05) is 51.3 Å². The van der Waals surface area contributed by atoms with Gasteiger partial charge in [-0.25, -0.2) is 4.99 Å². The molecule has 1 aliphatic heterocycles. The van der Waals surface area contributed by atoms with E-state index in [-0.39, 0.29) is 30.5 Å². The molecule has 2 heterocycles. The molecule has 0 spiro atoms.